The monoisotopic (exact) mass is 297 g/mol. The highest BCUT2D eigenvalue weighted by molar-refractivity contribution is 5.74. The van der Waals surface area contributed by atoms with E-state index in [2.05, 4.69) is 15.5 Å². The molecule has 2 atom stereocenters. The van der Waals surface area contributed by atoms with E-state index in [-0.39, 0.29) is 18.1 Å². The lowest BCUT2D eigenvalue weighted by atomic mass is 9.89. The molecule has 0 bridgehead atoms. The topological polar surface area (TPSA) is 64.6 Å². The van der Waals surface area contributed by atoms with Gasteiger partial charge in [-0.25, -0.2) is 4.79 Å². The molecule has 5 nitrogen and oxygen atoms in total. The quantitative estimate of drug-likeness (QED) is 0.654. The number of carbonyl (C=O) groups is 1. The average molecular weight is 297 g/mol. The van der Waals surface area contributed by atoms with Crippen LogP contribution in [0.1, 0.15) is 52.4 Å². The number of hydrogen-bond donors (Lipinski definition) is 3. The SMILES string of the molecule is CC(C)(CO)CCCNC(=O)NC1CCN2CCCCC12. The first-order valence-corrected chi connectivity index (χ1v) is 8.41. The van der Waals surface area contributed by atoms with Crippen molar-refractivity contribution >= 4 is 6.03 Å². The van der Waals surface area contributed by atoms with E-state index in [1.807, 2.05) is 13.8 Å². The summed E-state index contributed by atoms with van der Waals surface area (Å²) >= 11 is 0. The molecule has 2 fully saturated rings. The Labute approximate surface area is 128 Å². The molecular weight excluding hydrogens is 266 g/mol. The molecule has 122 valence electrons. The van der Waals surface area contributed by atoms with Gasteiger partial charge in [0.2, 0.25) is 0 Å². The largest absolute Gasteiger partial charge is 0.396 e. The Morgan fingerprint density at radius 1 is 1.29 bits per heavy atom. The number of rotatable bonds is 6. The molecule has 0 aromatic rings. The molecule has 2 heterocycles. The van der Waals surface area contributed by atoms with Gasteiger partial charge in [0.1, 0.15) is 0 Å². The molecule has 2 aliphatic heterocycles. The summed E-state index contributed by atoms with van der Waals surface area (Å²) in [6, 6.07) is 0.839. The highest BCUT2D eigenvalue weighted by Gasteiger charge is 2.36. The fourth-order valence-corrected chi connectivity index (χ4v) is 3.48. The number of nitrogens with zero attached hydrogens (tertiary/aromatic N) is 1. The fourth-order valence-electron chi connectivity index (χ4n) is 3.48. The smallest absolute Gasteiger partial charge is 0.315 e. The van der Waals surface area contributed by atoms with Crippen LogP contribution in [0.4, 0.5) is 4.79 Å². The second-order valence-corrected chi connectivity index (χ2v) is 7.32. The Bertz CT molecular complexity index is 346. The van der Waals surface area contributed by atoms with E-state index in [1.165, 1.54) is 25.8 Å². The predicted molar refractivity (Wildman–Crippen MR) is 84.3 cm³/mol. The van der Waals surface area contributed by atoms with Crippen LogP contribution in [0.5, 0.6) is 0 Å². The van der Waals surface area contributed by atoms with Crippen molar-refractivity contribution < 1.29 is 9.90 Å². The number of amides is 2. The maximum absolute atomic E-state index is 12.0. The molecule has 2 unspecified atom stereocenters. The molecule has 0 radical (unpaired) electrons. The number of nitrogens with one attached hydrogen (secondary N) is 2. The van der Waals surface area contributed by atoms with Crippen molar-refractivity contribution in [3.63, 3.8) is 0 Å². The van der Waals surface area contributed by atoms with Crippen LogP contribution in [-0.4, -0.2) is 54.4 Å². The van der Waals surface area contributed by atoms with E-state index in [1.54, 1.807) is 0 Å². The summed E-state index contributed by atoms with van der Waals surface area (Å²) in [5.41, 5.74) is -0.0494. The van der Waals surface area contributed by atoms with Gasteiger partial charge in [-0.2, -0.15) is 0 Å². The van der Waals surface area contributed by atoms with Crippen LogP contribution in [0, 0.1) is 5.41 Å². The van der Waals surface area contributed by atoms with Crippen molar-refractivity contribution in [1.29, 1.82) is 0 Å². The highest BCUT2D eigenvalue weighted by Crippen LogP contribution is 2.27. The van der Waals surface area contributed by atoms with Crippen LogP contribution >= 0.6 is 0 Å². The Morgan fingerprint density at radius 3 is 2.86 bits per heavy atom. The molecular formula is C16H31N3O2. The van der Waals surface area contributed by atoms with E-state index in [4.69, 9.17) is 0 Å². The molecule has 3 N–H and O–H groups in total. The lowest BCUT2D eigenvalue weighted by Gasteiger charge is -2.32. The lowest BCUT2D eigenvalue weighted by Crippen LogP contribution is -2.49. The third-order valence-corrected chi connectivity index (χ3v) is 4.92. The van der Waals surface area contributed by atoms with Crippen molar-refractivity contribution in [3.8, 4) is 0 Å². The van der Waals surface area contributed by atoms with Gasteiger partial charge in [0, 0.05) is 31.8 Å². The van der Waals surface area contributed by atoms with Gasteiger partial charge in [0.15, 0.2) is 0 Å². The zero-order valence-corrected chi connectivity index (χ0v) is 13.5. The lowest BCUT2D eigenvalue weighted by molar-refractivity contribution is 0.148. The summed E-state index contributed by atoms with van der Waals surface area (Å²) in [5, 5.41) is 15.3. The van der Waals surface area contributed by atoms with E-state index < -0.39 is 0 Å². The average Bonchev–Trinajstić information content (AvgIpc) is 2.87. The third kappa shape index (κ3) is 4.85. The maximum Gasteiger partial charge on any atom is 0.315 e. The summed E-state index contributed by atoms with van der Waals surface area (Å²) < 4.78 is 0. The molecule has 2 aliphatic rings. The third-order valence-electron chi connectivity index (χ3n) is 4.92. The van der Waals surface area contributed by atoms with Crippen LogP contribution in [0.2, 0.25) is 0 Å². The van der Waals surface area contributed by atoms with Gasteiger partial charge in [-0.15, -0.1) is 0 Å². The van der Waals surface area contributed by atoms with E-state index in [0.29, 0.717) is 18.6 Å². The summed E-state index contributed by atoms with van der Waals surface area (Å²) in [5.74, 6) is 0. The van der Waals surface area contributed by atoms with Crippen molar-refractivity contribution in [3.05, 3.63) is 0 Å². The Balaban J connectivity index is 1.63. The number of fused-ring (bicyclic) bond motifs is 1. The van der Waals surface area contributed by atoms with Gasteiger partial charge in [0.25, 0.3) is 0 Å². The zero-order chi connectivity index (χ0) is 15.3. The first-order chi connectivity index (χ1) is 10.0. The minimum absolute atomic E-state index is 0.0331. The van der Waals surface area contributed by atoms with Gasteiger partial charge in [-0.05, 0) is 44.1 Å². The number of urea groups is 1. The normalized spacial score (nSPS) is 26.4. The Hall–Kier alpha value is -0.810. The summed E-state index contributed by atoms with van der Waals surface area (Å²) in [6.07, 6.45) is 6.71. The van der Waals surface area contributed by atoms with Crippen molar-refractivity contribution in [2.45, 2.75) is 64.5 Å². The molecule has 2 rings (SSSR count). The first-order valence-electron chi connectivity index (χ1n) is 8.41. The molecule has 2 saturated heterocycles. The number of aliphatic hydroxyl groups is 1. The Kier molecular flexibility index (Phi) is 5.88. The molecule has 0 aliphatic carbocycles. The van der Waals surface area contributed by atoms with Gasteiger partial charge in [-0.3, -0.25) is 4.90 Å². The standard InChI is InChI=1S/C16H31N3O2/c1-16(2,12-20)8-5-9-17-15(21)18-13-7-11-19-10-4-3-6-14(13)19/h13-14,20H,3-12H2,1-2H3,(H2,17,18,21). The molecule has 0 saturated carbocycles. The number of carbonyl (C=O) groups excluding carboxylic acids is 1. The Morgan fingerprint density at radius 2 is 2.10 bits per heavy atom. The maximum atomic E-state index is 12.0. The molecule has 0 aromatic heterocycles. The second kappa shape index (κ2) is 7.45. The highest BCUT2D eigenvalue weighted by atomic mass is 16.3. The van der Waals surface area contributed by atoms with E-state index in [0.717, 1.165) is 25.8 Å². The van der Waals surface area contributed by atoms with Gasteiger partial charge >= 0.3 is 6.03 Å². The molecule has 5 heteroatoms. The number of aliphatic hydroxyl groups excluding tert-OH is 1. The second-order valence-electron chi connectivity index (χ2n) is 7.32. The van der Waals surface area contributed by atoms with Gasteiger partial charge in [-0.1, -0.05) is 20.3 Å². The zero-order valence-electron chi connectivity index (χ0n) is 13.5. The summed E-state index contributed by atoms with van der Waals surface area (Å²) in [7, 11) is 0. The van der Waals surface area contributed by atoms with Crippen LogP contribution < -0.4 is 10.6 Å². The molecule has 2 amide bonds. The van der Waals surface area contributed by atoms with Gasteiger partial charge < -0.3 is 15.7 Å². The van der Waals surface area contributed by atoms with Crippen LogP contribution in [-0.2, 0) is 0 Å². The van der Waals surface area contributed by atoms with Crippen LogP contribution in [0.3, 0.4) is 0 Å². The summed E-state index contributed by atoms with van der Waals surface area (Å²) in [4.78, 5) is 14.5. The van der Waals surface area contributed by atoms with Crippen molar-refractivity contribution in [2.75, 3.05) is 26.2 Å². The summed E-state index contributed by atoms with van der Waals surface area (Å²) in [6.45, 7) is 7.28. The van der Waals surface area contributed by atoms with Gasteiger partial charge in [0.05, 0.1) is 0 Å². The first kappa shape index (κ1) is 16.6. The molecule has 0 spiro atoms. The fraction of sp³-hybridized carbons (Fsp3) is 0.938. The number of hydrogen-bond acceptors (Lipinski definition) is 3. The predicted octanol–water partition coefficient (Wildman–Crippen LogP) is 1.71. The minimum Gasteiger partial charge on any atom is -0.396 e. The minimum atomic E-state index is -0.0494. The van der Waals surface area contributed by atoms with E-state index in [9.17, 15) is 9.90 Å². The van der Waals surface area contributed by atoms with Crippen LogP contribution in [0.25, 0.3) is 0 Å². The number of piperidine rings is 1. The molecule has 21 heavy (non-hydrogen) atoms. The molecule has 0 aromatic carbocycles. The van der Waals surface area contributed by atoms with Crippen LogP contribution in [0.15, 0.2) is 0 Å². The van der Waals surface area contributed by atoms with E-state index >= 15 is 0 Å². The van der Waals surface area contributed by atoms with Crippen molar-refractivity contribution in [2.24, 2.45) is 5.41 Å². The van der Waals surface area contributed by atoms with Crippen molar-refractivity contribution in [1.82, 2.24) is 15.5 Å².